The third-order valence-corrected chi connectivity index (χ3v) is 3.01. The summed E-state index contributed by atoms with van der Waals surface area (Å²) in [7, 11) is 0. The lowest BCUT2D eigenvalue weighted by Gasteiger charge is -2.29. The van der Waals surface area contributed by atoms with E-state index in [4.69, 9.17) is 0 Å². The molecule has 1 nitrogen and oxygen atoms in total. The summed E-state index contributed by atoms with van der Waals surface area (Å²) in [4.78, 5) is 0. The van der Waals surface area contributed by atoms with Gasteiger partial charge in [-0.3, -0.25) is 0 Å². The van der Waals surface area contributed by atoms with Crippen LogP contribution in [0.15, 0.2) is 18.2 Å². The number of hydrogen-bond acceptors (Lipinski definition) is 2. The minimum Gasteiger partial charge on any atom is -0.309 e. The highest BCUT2D eigenvalue weighted by Crippen LogP contribution is 2.28. The number of halogens is 1. The van der Waals surface area contributed by atoms with Gasteiger partial charge in [-0.2, -0.15) is 12.6 Å². The molecule has 2 unspecified atom stereocenters. The molecule has 0 aromatic heterocycles. The third kappa shape index (κ3) is 1.66. The molecule has 0 amide bonds. The Morgan fingerprint density at radius 1 is 1.57 bits per heavy atom. The fourth-order valence-corrected chi connectivity index (χ4v) is 2.29. The largest absolute Gasteiger partial charge is 0.309 e. The second-order valence-electron chi connectivity index (χ2n) is 3.73. The summed E-state index contributed by atoms with van der Waals surface area (Å²) >= 11 is 4.41. The van der Waals surface area contributed by atoms with Crippen LogP contribution in [0.2, 0.25) is 0 Å². The number of nitrogens with one attached hydrogen (secondary N) is 1. The molecule has 0 fully saturated rings. The summed E-state index contributed by atoms with van der Waals surface area (Å²) in [6.45, 7) is 2.87. The van der Waals surface area contributed by atoms with Crippen LogP contribution in [0.3, 0.4) is 0 Å². The SMILES string of the molecule is CC(S)C1NCCc2c(F)cccc21. The van der Waals surface area contributed by atoms with E-state index in [1.54, 1.807) is 6.07 Å². The quantitative estimate of drug-likeness (QED) is 0.679. The monoisotopic (exact) mass is 211 g/mol. The molecule has 1 aromatic carbocycles. The Hall–Kier alpha value is -0.540. The molecule has 1 aliphatic heterocycles. The lowest BCUT2D eigenvalue weighted by Crippen LogP contribution is -2.34. The Balaban J connectivity index is 2.44. The number of benzene rings is 1. The van der Waals surface area contributed by atoms with Gasteiger partial charge in [-0.1, -0.05) is 19.1 Å². The van der Waals surface area contributed by atoms with Gasteiger partial charge in [-0.15, -0.1) is 0 Å². The van der Waals surface area contributed by atoms with Crippen molar-refractivity contribution in [3.63, 3.8) is 0 Å². The van der Waals surface area contributed by atoms with Gasteiger partial charge in [0.05, 0.1) is 0 Å². The van der Waals surface area contributed by atoms with Crippen LogP contribution in [0.5, 0.6) is 0 Å². The van der Waals surface area contributed by atoms with E-state index in [-0.39, 0.29) is 17.1 Å². The Morgan fingerprint density at radius 2 is 2.36 bits per heavy atom. The maximum Gasteiger partial charge on any atom is 0.126 e. The second-order valence-corrected chi connectivity index (χ2v) is 4.54. The molecule has 2 rings (SSSR count). The van der Waals surface area contributed by atoms with Crippen molar-refractivity contribution in [1.29, 1.82) is 0 Å². The molecule has 2 atom stereocenters. The predicted molar refractivity (Wildman–Crippen MR) is 59.3 cm³/mol. The van der Waals surface area contributed by atoms with E-state index in [0.717, 1.165) is 24.1 Å². The van der Waals surface area contributed by atoms with Crippen LogP contribution in [-0.2, 0) is 6.42 Å². The Morgan fingerprint density at radius 3 is 3.07 bits per heavy atom. The van der Waals surface area contributed by atoms with E-state index in [0.29, 0.717) is 0 Å². The molecule has 0 saturated carbocycles. The summed E-state index contributed by atoms with van der Waals surface area (Å²) < 4.78 is 13.5. The summed E-state index contributed by atoms with van der Waals surface area (Å²) in [6.07, 6.45) is 0.777. The molecule has 3 heteroatoms. The van der Waals surface area contributed by atoms with Crippen LogP contribution in [-0.4, -0.2) is 11.8 Å². The first-order valence-electron chi connectivity index (χ1n) is 4.89. The van der Waals surface area contributed by atoms with Crippen molar-refractivity contribution >= 4 is 12.6 Å². The van der Waals surface area contributed by atoms with Crippen LogP contribution in [0.25, 0.3) is 0 Å². The smallest absolute Gasteiger partial charge is 0.126 e. The van der Waals surface area contributed by atoms with E-state index in [2.05, 4.69) is 17.9 Å². The molecule has 0 saturated heterocycles. The van der Waals surface area contributed by atoms with Gasteiger partial charge in [-0.05, 0) is 30.2 Å². The zero-order valence-corrected chi connectivity index (χ0v) is 9.02. The first kappa shape index (κ1) is 9.99. The van der Waals surface area contributed by atoms with E-state index in [1.165, 1.54) is 6.07 Å². The van der Waals surface area contributed by atoms with Crippen molar-refractivity contribution in [2.45, 2.75) is 24.6 Å². The summed E-state index contributed by atoms with van der Waals surface area (Å²) in [5, 5.41) is 3.56. The number of hydrogen-bond donors (Lipinski definition) is 2. The number of rotatable bonds is 1. The van der Waals surface area contributed by atoms with Crippen molar-refractivity contribution < 1.29 is 4.39 Å². The molecule has 1 aromatic rings. The van der Waals surface area contributed by atoms with Crippen molar-refractivity contribution in [2.75, 3.05) is 6.54 Å². The van der Waals surface area contributed by atoms with Crippen molar-refractivity contribution in [1.82, 2.24) is 5.32 Å². The molecule has 0 radical (unpaired) electrons. The fourth-order valence-electron chi connectivity index (χ4n) is 2.02. The molecule has 1 aliphatic rings. The molecular formula is C11H14FNS. The van der Waals surface area contributed by atoms with Crippen molar-refractivity contribution in [3.8, 4) is 0 Å². The van der Waals surface area contributed by atoms with Crippen LogP contribution in [0.4, 0.5) is 4.39 Å². The molecule has 0 bridgehead atoms. The van der Waals surface area contributed by atoms with Gasteiger partial charge in [0.15, 0.2) is 0 Å². The second kappa shape index (κ2) is 3.91. The highest BCUT2D eigenvalue weighted by Gasteiger charge is 2.24. The lowest BCUT2D eigenvalue weighted by molar-refractivity contribution is 0.484. The number of fused-ring (bicyclic) bond motifs is 1. The van der Waals surface area contributed by atoms with Gasteiger partial charge < -0.3 is 5.32 Å². The average molecular weight is 211 g/mol. The molecule has 1 N–H and O–H groups in total. The summed E-state index contributed by atoms with van der Waals surface area (Å²) in [5.41, 5.74) is 1.93. The number of thiol groups is 1. The normalized spacial score (nSPS) is 22.9. The van der Waals surface area contributed by atoms with Crippen LogP contribution in [0.1, 0.15) is 24.1 Å². The highest BCUT2D eigenvalue weighted by molar-refractivity contribution is 7.81. The molecule has 0 spiro atoms. The summed E-state index contributed by atoms with van der Waals surface area (Å²) in [5.74, 6) is -0.0806. The van der Waals surface area contributed by atoms with Gasteiger partial charge in [0.25, 0.3) is 0 Å². The van der Waals surface area contributed by atoms with Gasteiger partial charge in [-0.25, -0.2) is 4.39 Å². The predicted octanol–water partition coefficient (Wildman–Crippen LogP) is 2.33. The lowest BCUT2D eigenvalue weighted by atomic mass is 9.92. The molecule has 1 heterocycles. The first-order valence-corrected chi connectivity index (χ1v) is 5.40. The highest BCUT2D eigenvalue weighted by atomic mass is 32.1. The van der Waals surface area contributed by atoms with Crippen LogP contribution < -0.4 is 5.32 Å². The van der Waals surface area contributed by atoms with Crippen LogP contribution >= 0.6 is 12.6 Å². The van der Waals surface area contributed by atoms with E-state index >= 15 is 0 Å². The Labute approximate surface area is 89.1 Å². The first-order chi connectivity index (χ1) is 6.70. The van der Waals surface area contributed by atoms with Gasteiger partial charge >= 0.3 is 0 Å². The molecule has 0 aliphatic carbocycles. The molecular weight excluding hydrogens is 197 g/mol. The van der Waals surface area contributed by atoms with Gasteiger partial charge in [0, 0.05) is 11.3 Å². The van der Waals surface area contributed by atoms with Crippen molar-refractivity contribution in [2.24, 2.45) is 0 Å². The standard InChI is InChI=1S/C11H14FNS/c1-7(14)11-9-3-2-4-10(12)8(9)5-6-13-11/h2-4,7,11,13-14H,5-6H2,1H3. The fraction of sp³-hybridized carbons (Fsp3) is 0.455. The average Bonchev–Trinajstić information content (AvgIpc) is 2.17. The van der Waals surface area contributed by atoms with E-state index < -0.39 is 0 Å². The van der Waals surface area contributed by atoms with Gasteiger partial charge in [0.2, 0.25) is 0 Å². The maximum atomic E-state index is 13.5. The van der Waals surface area contributed by atoms with E-state index in [9.17, 15) is 4.39 Å². The van der Waals surface area contributed by atoms with Gasteiger partial charge in [0.1, 0.15) is 5.82 Å². The molecule has 14 heavy (non-hydrogen) atoms. The maximum absolute atomic E-state index is 13.5. The summed E-state index contributed by atoms with van der Waals surface area (Å²) in [6, 6.07) is 5.47. The zero-order chi connectivity index (χ0) is 10.1. The Bertz CT molecular complexity index is 338. The van der Waals surface area contributed by atoms with Crippen molar-refractivity contribution in [3.05, 3.63) is 35.1 Å². The Kier molecular flexibility index (Phi) is 2.79. The topological polar surface area (TPSA) is 12.0 Å². The third-order valence-electron chi connectivity index (χ3n) is 2.71. The van der Waals surface area contributed by atoms with Crippen LogP contribution in [0, 0.1) is 5.82 Å². The minimum atomic E-state index is -0.0806. The minimum absolute atomic E-state index is 0.0806. The molecule has 76 valence electrons. The zero-order valence-electron chi connectivity index (χ0n) is 8.13. The van der Waals surface area contributed by atoms with E-state index in [1.807, 2.05) is 13.0 Å².